The zero-order valence-corrected chi connectivity index (χ0v) is 10.9. The predicted octanol–water partition coefficient (Wildman–Crippen LogP) is 3.92. The lowest BCUT2D eigenvalue weighted by Crippen LogP contribution is -2.23. The van der Waals surface area contributed by atoms with Crippen molar-refractivity contribution >= 4 is 5.70 Å². The van der Waals surface area contributed by atoms with Gasteiger partial charge < -0.3 is 5.32 Å². The van der Waals surface area contributed by atoms with Gasteiger partial charge in [-0.2, -0.15) is 0 Å². The minimum Gasteiger partial charge on any atom is -0.383 e. The molecule has 0 radical (unpaired) electrons. The highest BCUT2D eigenvalue weighted by atomic mass is 14.9. The Labute approximate surface area is 99.6 Å². The van der Waals surface area contributed by atoms with Gasteiger partial charge in [0.2, 0.25) is 0 Å². The molecule has 0 aliphatic heterocycles. The topological polar surface area (TPSA) is 12.0 Å². The first-order chi connectivity index (χ1) is 7.60. The van der Waals surface area contributed by atoms with Crippen molar-refractivity contribution in [2.75, 3.05) is 0 Å². The number of benzene rings is 1. The van der Waals surface area contributed by atoms with Gasteiger partial charge in [-0.1, -0.05) is 38.6 Å². The molecular formula is C15H23N. The Morgan fingerprint density at radius 2 is 2.06 bits per heavy atom. The second-order valence-corrected chi connectivity index (χ2v) is 4.38. The summed E-state index contributed by atoms with van der Waals surface area (Å²) in [6.07, 6.45) is 2.20. The maximum absolute atomic E-state index is 4.14. The van der Waals surface area contributed by atoms with Crippen molar-refractivity contribution in [2.24, 2.45) is 0 Å². The SMILES string of the molecule is C=C(NC(C)CC)c1cccc(CC)c1C. The summed E-state index contributed by atoms with van der Waals surface area (Å²) in [6, 6.07) is 6.93. The smallest absolute Gasteiger partial charge is 0.0345 e. The highest BCUT2D eigenvalue weighted by Gasteiger charge is 2.07. The van der Waals surface area contributed by atoms with Crippen molar-refractivity contribution in [3.8, 4) is 0 Å². The van der Waals surface area contributed by atoms with Crippen molar-refractivity contribution in [3.63, 3.8) is 0 Å². The minimum atomic E-state index is 0.484. The first-order valence-electron chi connectivity index (χ1n) is 6.14. The second-order valence-electron chi connectivity index (χ2n) is 4.38. The largest absolute Gasteiger partial charge is 0.383 e. The van der Waals surface area contributed by atoms with E-state index in [2.05, 4.69) is 57.8 Å². The quantitative estimate of drug-likeness (QED) is 0.788. The van der Waals surface area contributed by atoms with E-state index in [0.29, 0.717) is 6.04 Å². The Morgan fingerprint density at radius 1 is 1.38 bits per heavy atom. The molecule has 1 nitrogen and oxygen atoms in total. The fourth-order valence-electron chi connectivity index (χ4n) is 1.87. The molecule has 0 aromatic heterocycles. The lowest BCUT2D eigenvalue weighted by molar-refractivity contribution is 0.630. The zero-order chi connectivity index (χ0) is 12.1. The van der Waals surface area contributed by atoms with E-state index in [9.17, 15) is 0 Å². The van der Waals surface area contributed by atoms with E-state index in [1.165, 1.54) is 16.7 Å². The number of hydrogen-bond donors (Lipinski definition) is 1. The highest BCUT2D eigenvalue weighted by molar-refractivity contribution is 5.66. The third kappa shape index (κ3) is 2.88. The molecular weight excluding hydrogens is 194 g/mol. The van der Waals surface area contributed by atoms with Crippen LogP contribution < -0.4 is 5.32 Å². The summed E-state index contributed by atoms with van der Waals surface area (Å²) in [5.41, 5.74) is 5.05. The monoisotopic (exact) mass is 217 g/mol. The Kier molecular flexibility index (Phi) is 4.60. The van der Waals surface area contributed by atoms with Crippen LogP contribution in [0.3, 0.4) is 0 Å². The molecule has 0 saturated carbocycles. The Bertz CT molecular complexity index is 366. The molecule has 1 aromatic rings. The molecule has 0 aliphatic rings. The lowest BCUT2D eigenvalue weighted by atomic mass is 9.98. The summed E-state index contributed by atoms with van der Waals surface area (Å²) in [5.74, 6) is 0. The van der Waals surface area contributed by atoms with Crippen LogP contribution in [0, 0.1) is 6.92 Å². The molecule has 0 spiro atoms. The summed E-state index contributed by atoms with van der Waals surface area (Å²) >= 11 is 0. The second kappa shape index (κ2) is 5.74. The number of aryl methyl sites for hydroxylation is 1. The van der Waals surface area contributed by atoms with Gasteiger partial charge in [-0.15, -0.1) is 0 Å². The van der Waals surface area contributed by atoms with Gasteiger partial charge in [-0.3, -0.25) is 0 Å². The fraction of sp³-hybridized carbons (Fsp3) is 0.467. The van der Waals surface area contributed by atoms with Crippen LogP contribution in [0.4, 0.5) is 0 Å². The molecule has 1 N–H and O–H groups in total. The molecule has 16 heavy (non-hydrogen) atoms. The maximum Gasteiger partial charge on any atom is 0.0345 e. The molecule has 1 atom stereocenters. The molecule has 88 valence electrons. The standard InChI is InChI=1S/C15H23N/c1-6-11(3)16-13(5)15-10-8-9-14(7-2)12(15)4/h8-11,16H,5-7H2,1-4H3. The van der Waals surface area contributed by atoms with E-state index < -0.39 is 0 Å². The Morgan fingerprint density at radius 3 is 2.62 bits per heavy atom. The number of nitrogens with one attached hydrogen (secondary N) is 1. The van der Waals surface area contributed by atoms with Gasteiger partial charge in [0.25, 0.3) is 0 Å². The number of hydrogen-bond acceptors (Lipinski definition) is 1. The van der Waals surface area contributed by atoms with Crippen molar-refractivity contribution < 1.29 is 0 Å². The fourth-order valence-corrected chi connectivity index (χ4v) is 1.87. The van der Waals surface area contributed by atoms with E-state index in [0.717, 1.165) is 18.5 Å². The Hall–Kier alpha value is -1.24. The van der Waals surface area contributed by atoms with Gasteiger partial charge in [-0.25, -0.2) is 0 Å². The van der Waals surface area contributed by atoms with Crippen molar-refractivity contribution in [3.05, 3.63) is 41.5 Å². The normalized spacial score (nSPS) is 12.2. The van der Waals surface area contributed by atoms with Crippen LogP contribution in [-0.2, 0) is 6.42 Å². The molecule has 0 aliphatic carbocycles. The zero-order valence-electron chi connectivity index (χ0n) is 10.9. The van der Waals surface area contributed by atoms with E-state index >= 15 is 0 Å². The minimum absolute atomic E-state index is 0.484. The van der Waals surface area contributed by atoms with Crippen LogP contribution in [-0.4, -0.2) is 6.04 Å². The third-order valence-corrected chi connectivity index (χ3v) is 3.19. The van der Waals surface area contributed by atoms with E-state index in [4.69, 9.17) is 0 Å². The maximum atomic E-state index is 4.14. The van der Waals surface area contributed by atoms with Crippen LogP contribution in [0.1, 0.15) is 43.9 Å². The first-order valence-corrected chi connectivity index (χ1v) is 6.14. The van der Waals surface area contributed by atoms with Crippen molar-refractivity contribution in [1.82, 2.24) is 5.32 Å². The molecule has 0 bridgehead atoms. The average molecular weight is 217 g/mol. The predicted molar refractivity (Wildman–Crippen MR) is 72.5 cm³/mol. The molecule has 1 unspecified atom stereocenters. The molecule has 0 fully saturated rings. The average Bonchev–Trinajstić information content (AvgIpc) is 2.29. The molecule has 1 heteroatoms. The lowest BCUT2D eigenvalue weighted by Gasteiger charge is -2.18. The number of rotatable bonds is 5. The molecule has 0 heterocycles. The van der Waals surface area contributed by atoms with E-state index in [-0.39, 0.29) is 0 Å². The van der Waals surface area contributed by atoms with Crippen LogP contribution in [0.5, 0.6) is 0 Å². The van der Waals surface area contributed by atoms with Gasteiger partial charge in [-0.05, 0) is 37.8 Å². The Balaban J connectivity index is 2.91. The highest BCUT2D eigenvalue weighted by Crippen LogP contribution is 2.20. The van der Waals surface area contributed by atoms with Crippen LogP contribution in [0.15, 0.2) is 24.8 Å². The molecule has 0 saturated heterocycles. The summed E-state index contributed by atoms with van der Waals surface area (Å²) in [6.45, 7) is 12.9. The van der Waals surface area contributed by atoms with Gasteiger partial charge in [0.1, 0.15) is 0 Å². The summed E-state index contributed by atoms with van der Waals surface area (Å²) in [7, 11) is 0. The molecule has 1 rings (SSSR count). The summed E-state index contributed by atoms with van der Waals surface area (Å²) < 4.78 is 0. The van der Waals surface area contributed by atoms with Crippen LogP contribution in [0.25, 0.3) is 5.70 Å². The van der Waals surface area contributed by atoms with Gasteiger partial charge in [0, 0.05) is 17.3 Å². The van der Waals surface area contributed by atoms with Gasteiger partial charge in [0.15, 0.2) is 0 Å². The first kappa shape index (κ1) is 12.8. The van der Waals surface area contributed by atoms with Crippen LogP contribution >= 0.6 is 0 Å². The van der Waals surface area contributed by atoms with Gasteiger partial charge in [0.05, 0.1) is 0 Å². The van der Waals surface area contributed by atoms with Gasteiger partial charge >= 0.3 is 0 Å². The van der Waals surface area contributed by atoms with Crippen molar-refractivity contribution in [1.29, 1.82) is 0 Å². The van der Waals surface area contributed by atoms with E-state index in [1.807, 2.05) is 0 Å². The third-order valence-electron chi connectivity index (χ3n) is 3.19. The molecule has 0 amide bonds. The van der Waals surface area contributed by atoms with Crippen molar-refractivity contribution in [2.45, 2.75) is 46.6 Å². The van der Waals surface area contributed by atoms with E-state index in [1.54, 1.807) is 0 Å². The summed E-state index contributed by atoms with van der Waals surface area (Å²) in [4.78, 5) is 0. The molecule has 1 aromatic carbocycles. The van der Waals surface area contributed by atoms with Crippen LogP contribution in [0.2, 0.25) is 0 Å². The summed E-state index contributed by atoms with van der Waals surface area (Å²) in [5, 5.41) is 3.44.